The van der Waals surface area contributed by atoms with Crippen molar-refractivity contribution in [1.82, 2.24) is 0 Å². The maximum atomic E-state index is 13.0. The highest BCUT2D eigenvalue weighted by molar-refractivity contribution is 5.51. The molecule has 0 saturated carbocycles. The van der Waals surface area contributed by atoms with Crippen molar-refractivity contribution in [3.05, 3.63) is 29.3 Å². The lowest BCUT2D eigenvalue weighted by Gasteiger charge is -2.29. The second kappa shape index (κ2) is 6.66. The van der Waals surface area contributed by atoms with Crippen LogP contribution in [0.1, 0.15) is 30.4 Å². The zero-order valence-corrected chi connectivity index (χ0v) is 12.0. The summed E-state index contributed by atoms with van der Waals surface area (Å²) in [6, 6.07) is 4.02. The highest BCUT2D eigenvalue weighted by Gasteiger charge is 2.33. The molecule has 0 aliphatic carbocycles. The van der Waals surface area contributed by atoms with Gasteiger partial charge in [-0.15, -0.1) is 0 Å². The molecular weight excluding hydrogens is 283 g/mol. The number of anilines is 1. The molecule has 1 heterocycles. The van der Waals surface area contributed by atoms with Crippen LogP contribution in [0, 0.1) is 0 Å². The summed E-state index contributed by atoms with van der Waals surface area (Å²) in [5.74, 6) is 0. The zero-order valence-electron chi connectivity index (χ0n) is 12.0. The molecule has 2 rings (SSSR count). The van der Waals surface area contributed by atoms with Crippen LogP contribution in [0.15, 0.2) is 18.2 Å². The van der Waals surface area contributed by atoms with E-state index in [1.165, 1.54) is 6.07 Å². The lowest BCUT2D eigenvalue weighted by molar-refractivity contribution is -0.138. The molecular formula is C15H20F3NO2. The van der Waals surface area contributed by atoms with Crippen molar-refractivity contribution in [2.75, 3.05) is 25.1 Å². The molecule has 0 spiro atoms. The summed E-state index contributed by atoms with van der Waals surface area (Å²) in [5, 5.41) is 9.04. The van der Waals surface area contributed by atoms with E-state index < -0.39 is 18.3 Å². The number of alkyl halides is 3. The summed E-state index contributed by atoms with van der Waals surface area (Å²) >= 11 is 0. The van der Waals surface area contributed by atoms with Gasteiger partial charge in [0.15, 0.2) is 0 Å². The monoisotopic (exact) mass is 303 g/mol. The van der Waals surface area contributed by atoms with E-state index in [1.807, 2.05) is 0 Å². The van der Waals surface area contributed by atoms with Gasteiger partial charge in [0.25, 0.3) is 0 Å². The topological polar surface area (TPSA) is 32.7 Å². The molecule has 0 radical (unpaired) electrons. The molecule has 0 bridgehead atoms. The molecule has 1 fully saturated rings. The minimum atomic E-state index is -4.46. The standard InChI is InChI=1S/C15H20F3NO2/c1-19(9-13-4-2-3-7-21-13)12-6-5-11(10-20)14(8-12)15(16,17)18/h5-6,8,13,20H,2-4,7,9-10H2,1H3. The Morgan fingerprint density at radius 3 is 2.67 bits per heavy atom. The molecule has 21 heavy (non-hydrogen) atoms. The molecule has 1 N–H and O–H groups in total. The van der Waals surface area contributed by atoms with Crippen molar-refractivity contribution >= 4 is 5.69 Å². The van der Waals surface area contributed by atoms with Crippen LogP contribution < -0.4 is 4.90 Å². The zero-order chi connectivity index (χ0) is 15.5. The van der Waals surface area contributed by atoms with Crippen LogP contribution in [-0.4, -0.2) is 31.4 Å². The fourth-order valence-corrected chi connectivity index (χ4v) is 2.57. The van der Waals surface area contributed by atoms with Gasteiger partial charge >= 0.3 is 6.18 Å². The van der Waals surface area contributed by atoms with Crippen molar-refractivity contribution in [1.29, 1.82) is 0 Å². The summed E-state index contributed by atoms with van der Waals surface area (Å²) < 4.78 is 44.6. The SMILES string of the molecule is CN(CC1CCCCO1)c1ccc(CO)c(C(F)(F)F)c1. The Morgan fingerprint density at radius 1 is 1.33 bits per heavy atom. The third-order valence-electron chi connectivity index (χ3n) is 3.76. The van der Waals surface area contributed by atoms with Gasteiger partial charge in [-0.3, -0.25) is 0 Å². The van der Waals surface area contributed by atoms with Gasteiger partial charge in [-0.05, 0) is 37.0 Å². The van der Waals surface area contributed by atoms with Gasteiger partial charge < -0.3 is 14.7 Å². The third-order valence-corrected chi connectivity index (χ3v) is 3.76. The number of aliphatic hydroxyl groups is 1. The Kier molecular flexibility index (Phi) is 5.11. The number of ether oxygens (including phenoxy) is 1. The molecule has 1 saturated heterocycles. The van der Waals surface area contributed by atoms with Crippen LogP contribution in [-0.2, 0) is 17.5 Å². The number of aliphatic hydroxyl groups excluding tert-OH is 1. The average Bonchev–Trinajstić information content (AvgIpc) is 2.46. The lowest BCUT2D eigenvalue weighted by atomic mass is 10.1. The molecule has 118 valence electrons. The molecule has 0 amide bonds. The molecule has 1 aromatic rings. The van der Waals surface area contributed by atoms with E-state index in [0.29, 0.717) is 12.2 Å². The average molecular weight is 303 g/mol. The van der Waals surface area contributed by atoms with Gasteiger partial charge in [0.1, 0.15) is 0 Å². The number of hydrogen-bond donors (Lipinski definition) is 1. The number of rotatable bonds is 4. The summed E-state index contributed by atoms with van der Waals surface area (Å²) in [6.07, 6.45) is -1.32. The summed E-state index contributed by atoms with van der Waals surface area (Å²) in [5.41, 5.74) is -0.402. The van der Waals surface area contributed by atoms with Gasteiger partial charge in [0.2, 0.25) is 0 Å². The van der Waals surface area contributed by atoms with Crippen LogP contribution in [0.3, 0.4) is 0 Å². The third kappa shape index (κ3) is 4.11. The predicted octanol–water partition coefficient (Wildman–Crippen LogP) is 3.20. The lowest BCUT2D eigenvalue weighted by Crippen LogP contribution is -2.33. The summed E-state index contributed by atoms with van der Waals surface area (Å²) in [4.78, 5) is 1.77. The number of nitrogens with zero attached hydrogens (tertiary/aromatic N) is 1. The number of hydrogen-bond acceptors (Lipinski definition) is 3. The van der Waals surface area contributed by atoms with Crippen molar-refractivity contribution in [2.45, 2.75) is 38.1 Å². The summed E-state index contributed by atoms with van der Waals surface area (Å²) in [6.45, 7) is 0.663. The van der Waals surface area contributed by atoms with E-state index in [9.17, 15) is 13.2 Å². The second-order valence-corrected chi connectivity index (χ2v) is 5.37. The van der Waals surface area contributed by atoms with Crippen LogP contribution in [0.25, 0.3) is 0 Å². The second-order valence-electron chi connectivity index (χ2n) is 5.37. The normalized spacial score (nSPS) is 19.6. The van der Waals surface area contributed by atoms with E-state index in [4.69, 9.17) is 9.84 Å². The molecule has 0 aromatic heterocycles. The molecule has 1 aliphatic rings. The van der Waals surface area contributed by atoms with Gasteiger partial charge in [0, 0.05) is 25.9 Å². The Morgan fingerprint density at radius 2 is 2.10 bits per heavy atom. The minimum absolute atomic E-state index is 0.0654. The van der Waals surface area contributed by atoms with Crippen molar-refractivity contribution in [3.63, 3.8) is 0 Å². The Bertz CT molecular complexity index is 470. The fraction of sp³-hybridized carbons (Fsp3) is 0.600. The van der Waals surface area contributed by atoms with Crippen LogP contribution in [0.5, 0.6) is 0 Å². The molecule has 1 unspecified atom stereocenters. The van der Waals surface area contributed by atoms with E-state index in [0.717, 1.165) is 31.9 Å². The van der Waals surface area contributed by atoms with Gasteiger partial charge in [0.05, 0.1) is 18.3 Å². The number of halogens is 3. The predicted molar refractivity (Wildman–Crippen MR) is 74.2 cm³/mol. The minimum Gasteiger partial charge on any atom is -0.392 e. The van der Waals surface area contributed by atoms with Crippen molar-refractivity contribution in [3.8, 4) is 0 Å². The first-order valence-corrected chi connectivity index (χ1v) is 7.05. The van der Waals surface area contributed by atoms with Crippen LogP contribution >= 0.6 is 0 Å². The molecule has 1 atom stereocenters. The van der Waals surface area contributed by atoms with Crippen molar-refractivity contribution in [2.24, 2.45) is 0 Å². The maximum Gasteiger partial charge on any atom is 0.416 e. The number of benzene rings is 1. The highest BCUT2D eigenvalue weighted by Crippen LogP contribution is 2.34. The van der Waals surface area contributed by atoms with E-state index in [2.05, 4.69) is 0 Å². The first-order valence-electron chi connectivity index (χ1n) is 7.05. The molecule has 3 nitrogen and oxygen atoms in total. The first-order chi connectivity index (χ1) is 9.91. The maximum absolute atomic E-state index is 13.0. The van der Waals surface area contributed by atoms with Gasteiger partial charge in [-0.25, -0.2) is 0 Å². The van der Waals surface area contributed by atoms with Crippen LogP contribution in [0.4, 0.5) is 18.9 Å². The number of likely N-dealkylation sites (N-methyl/N-ethyl adjacent to an activating group) is 1. The van der Waals surface area contributed by atoms with E-state index in [1.54, 1.807) is 18.0 Å². The fourth-order valence-electron chi connectivity index (χ4n) is 2.57. The van der Waals surface area contributed by atoms with Crippen LogP contribution in [0.2, 0.25) is 0 Å². The molecule has 6 heteroatoms. The van der Waals surface area contributed by atoms with E-state index in [-0.39, 0.29) is 11.7 Å². The Labute approximate surface area is 122 Å². The van der Waals surface area contributed by atoms with Gasteiger partial charge in [-0.2, -0.15) is 13.2 Å². The first kappa shape index (κ1) is 16.1. The summed E-state index contributed by atoms with van der Waals surface area (Å²) in [7, 11) is 1.76. The van der Waals surface area contributed by atoms with Crippen molar-refractivity contribution < 1.29 is 23.0 Å². The van der Waals surface area contributed by atoms with Gasteiger partial charge in [-0.1, -0.05) is 6.07 Å². The Balaban J connectivity index is 2.15. The Hall–Kier alpha value is -1.27. The highest BCUT2D eigenvalue weighted by atomic mass is 19.4. The smallest absolute Gasteiger partial charge is 0.392 e. The quantitative estimate of drug-likeness (QED) is 0.927. The molecule has 1 aromatic carbocycles. The largest absolute Gasteiger partial charge is 0.416 e. The molecule has 1 aliphatic heterocycles. The van der Waals surface area contributed by atoms with E-state index >= 15 is 0 Å².